The molecule has 2 rings (SSSR count). The Bertz CT molecular complexity index is 687. The topological polar surface area (TPSA) is 106 Å². The third-order valence-corrected chi connectivity index (χ3v) is 2.90. The predicted octanol–water partition coefficient (Wildman–Crippen LogP) is 1.04. The van der Waals surface area contributed by atoms with Crippen LogP contribution in [0.4, 0.5) is 10.5 Å². The maximum atomic E-state index is 11.8. The van der Waals surface area contributed by atoms with Crippen molar-refractivity contribution in [2.75, 3.05) is 12.8 Å². The molecule has 0 fully saturated rings. The molecule has 0 saturated heterocycles. The van der Waals surface area contributed by atoms with Gasteiger partial charge in [-0.2, -0.15) is 0 Å². The summed E-state index contributed by atoms with van der Waals surface area (Å²) in [5, 5.41) is 5.16. The van der Waals surface area contributed by atoms with E-state index in [0.717, 1.165) is 0 Å². The van der Waals surface area contributed by atoms with E-state index in [-0.39, 0.29) is 0 Å². The lowest BCUT2D eigenvalue weighted by molar-refractivity contribution is -0.126. The second kappa shape index (κ2) is 6.08. The van der Waals surface area contributed by atoms with Crippen LogP contribution in [-0.2, 0) is 4.79 Å². The van der Waals surface area contributed by atoms with Crippen LogP contribution in [0.3, 0.4) is 0 Å². The number of amides is 3. The van der Waals surface area contributed by atoms with Crippen molar-refractivity contribution < 1.29 is 14.3 Å². The average molecular weight is 288 g/mol. The molecule has 7 nitrogen and oxygen atoms in total. The monoisotopic (exact) mass is 288 g/mol. The largest absolute Gasteiger partial charge is 0.480 e. The van der Waals surface area contributed by atoms with Crippen LogP contribution in [-0.4, -0.2) is 30.1 Å². The van der Waals surface area contributed by atoms with Crippen molar-refractivity contribution in [3.63, 3.8) is 0 Å². The summed E-state index contributed by atoms with van der Waals surface area (Å²) >= 11 is 0. The quantitative estimate of drug-likeness (QED) is 0.732. The third-order valence-electron chi connectivity index (χ3n) is 2.90. The van der Waals surface area contributed by atoms with Crippen LogP contribution in [0, 0.1) is 0 Å². The first-order chi connectivity index (χ1) is 10.0. The molecular weight excluding hydrogens is 272 g/mol. The zero-order valence-corrected chi connectivity index (χ0v) is 11.7. The zero-order chi connectivity index (χ0) is 15.4. The van der Waals surface area contributed by atoms with Crippen LogP contribution in [0.2, 0.25) is 0 Å². The highest BCUT2D eigenvalue weighted by molar-refractivity contribution is 5.97. The highest BCUT2D eigenvalue weighted by Crippen LogP contribution is 2.28. The molecule has 0 bridgehead atoms. The van der Waals surface area contributed by atoms with E-state index in [1.807, 2.05) is 0 Å². The van der Waals surface area contributed by atoms with Gasteiger partial charge < -0.3 is 15.8 Å². The van der Waals surface area contributed by atoms with Crippen molar-refractivity contribution in [2.24, 2.45) is 0 Å². The van der Waals surface area contributed by atoms with Gasteiger partial charge in [-0.1, -0.05) is 0 Å². The predicted molar refractivity (Wildman–Crippen MR) is 78.8 cm³/mol. The standard InChI is InChI=1S/C14H16N4O3/c1-8(13(19)18-14(20)16-2)21-11-6-5-10(15)12-9(11)4-3-7-17-12/h3-8H,15H2,1-2H3,(H2,16,18,19,20). The molecule has 0 aliphatic heterocycles. The normalized spacial score (nSPS) is 11.7. The Kier molecular flexibility index (Phi) is 4.22. The molecule has 1 aromatic heterocycles. The van der Waals surface area contributed by atoms with Gasteiger partial charge >= 0.3 is 6.03 Å². The van der Waals surface area contributed by atoms with Crippen molar-refractivity contribution in [2.45, 2.75) is 13.0 Å². The van der Waals surface area contributed by atoms with E-state index < -0.39 is 18.0 Å². The molecule has 1 unspecified atom stereocenters. The Labute approximate surface area is 121 Å². The van der Waals surface area contributed by atoms with Gasteiger partial charge in [-0.3, -0.25) is 15.1 Å². The second-order valence-corrected chi connectivity index (χ2v) is 4.38. The number of pyridine rings is 1. The molecule has 0 radical (unpaired) electrons. The number of anilines is 1. The molecule has 2 aromatic rings. The number of carbonyl (C=O) groups excluding carboxylic acids is 2. The van der Waals surface area contributed by atoms with Crippen molar-refractivity contribution in [1.82, 2.24) is 15.6 Å². The number of nitrogen functional groups attached to an aromatic ring is 1. The van der Waals surface area contributed by atoms with Gasteiger partial charge in [0, 0.05) is 18.6 Å². The fourth-order valence-corrected chi connectivity index (χ4v) is 1.79. The minimum absolute atomic E-state index is 0.479. The summed E-state index contributed by atoms with van der Waals surface area (Å²) in [6.45, 7) is 1.55. The second-order valence-electron chi connectivity index (χ2n) is 4.38. The zero-order valence-electron chi connectivity index (χ0n) is 11.7. The van der Waals surface area contributed by atoms with Crippen molar-refractivity contribution >= 4 is 28.5 Å². The number of ether oxygens (including phenoxy) is 1. The lowest BCUT2D eigenvalue weighted by atomic mass is 10.1. The number of nitrogens with zero attached hydrogens (tertiary/aromatic N) is 1. The molecule has 7 heteroatoms. The number of imide groups is 1. The van der Waals surface area contributed by atoms with E-state index in [9.17, 15) is 9.59 Å². The van der Waals surface area contributed by atoms with Crippen LogP contribution < -0.4 is 21.1 Å². The Morgan fingerprint density at radius 3 is 2.81 bits per heavy atom. The molecule has 0 aliphatic carbocycles. The van der Waals surface area contributed by atoms with E-state index in [1.54, 1.807) is 37.4 Å². The molecule has 0 aliphatic rings. The number of carbonyl (C=O) groups is 2. The van der Waals surface area contributed by atoms with Crippen molar-refractivity contribution in [1.29, 1.82) is 0 Å². The van der Waals surface area contributed by atoms with Crippen molar-refractivity contribution in [3.05, 3.63) is 30.5 Å². The first-order valence-corrected chi connectivity index (χ1v) is 6.35. The first-order valence-electron chi connectivity index (χ1n) is 6.35. The molecule has 1 aromatic carbocycles. The SMILES string of the molecule is CNC(=O)NC(=O)C(C)Oc1ccc(N)c2ncccc12. The Hall–Kier alpha value is -2.83. The van der Waals surface area contributed by atoms with E-state index in [2.05, 4.69) is 15.6 Å². The molecule has 0 spiro atoms. The lowest BCUT2D eigenvalue weighted by Crippen LogP contribution is -2.43. The van der Waals surface area contributed by atoms with E-state index in [0.29, 0.717) is 22.3 Å². The number of hydrogen-bond acceptors (Lipinski definition) is 5. The molecule has 1 heterocycles. The maximum absolute atomic E-state index is 11.8. The van der Waals surface area contributed by atoms with Crippen molar-refractivity contribution in [3.8, 4) is 5.75 Å². The summed E-state index contributed by atoms with van der Waals surface area (Å²) in [5.41, 5.74) is 6.98. The molecule has 0 saturated carbocycles. The van der Waals surface area contributed by atoms with Gasteiger partial charge in [0.1, 0.15) is 5.75 Å². The fraction of sp³-hybridized carbons (Fsp3) is 0.214. The van der Waals surface area contributed by atoms with Gasteiger partial charge in [0.2, 0.25) is 0 Å². The summed E-state index contributed by atoms with van der Waals surface area (Å²) < 4.78 is 5.60. The number of nitrogens with two attached hydrogens (primary N) is 1. The summed E-state index contributed by atoms with van der Waals surface area (Å²) in [6, 6.07) is 6.30. The molecule has 110 valence electrons. The van der Waals surface area contributed by atoms with Gasteiger partial charge in [-0.15, -0.1) is 0 Å². The fourth-order valence-electron chi connectivity index (χ4n) is 1.79. The number of nitrogens with one attached hydrogen (secondary N) is 2. The highest BCUT2D eigenvalue weighted by atomic mass is 16.5. The maximum Gasteiger partial charge on any atom is 0.321 e. The first kappa shape index (κ1) is 14.6. The van der Waals surface area contributed by atoms with Crippen LogP contribution in [0.15, 0.2) is 30.5 Å². The molecular formula is C14H16N4O3. The van der Waals surface area contributed by atoms with Gasteiger partial charge in [-0.25, -0.2) is 4.79 Å². The van der Waals surface area contributed by atoms with Gasteiger partial charge in [-0.05, 0) is 31.2 Å². The smallest absolute Gasteiger partial charge is 0.321 e. The van der Waals surface area contributed by atoms with E-state index in [1.165, 1.54) is 7.05 Å². The van der Waals surface area contributed by atoms with E-state index >= 15 is 0 Å². The lowest BCUT2D eigenvalue weighted by Gasteiger charge is -2.16. The average Bonchev–Trinajstić information content (AvgIpc) is 2.50. The molecule has 4 N–H and O–H groups in total. The highest BCUT2D eigenvalue weighted by Gasteiger charge is 2.18. The minimum Gasteiger partial charge on any atom is -0.480 e. The van der Waals surface area contributed by atoms with Crippen LogP contribution in [0.5, 0.6) is 5.75 Å². The third kappa shape index (κ3) is 3.19. The molecule has 21 heavy (non-hydrogen) atoms. The van der Waals surface area contributed by atoms with Gasteiger partial charge in [0.15, 0.2) is 6.10 Å². The molecule has 3 amide bonds. The number of aromatic nitrogens is 1. The van der Waals surface area contributed by atoms with Crippen LogP contribution in [0.1, 0.15) is 6.92 Å². The summed E-state index contributed by atoms with van der Waals surface area (Å²) in [6.07, 6.45) is 0.791. The molecule has 1 atom stereocenters. The van der Waals surface area contributed by atoms with Crippen LogP contribution >= 0.6 is 0 Å². The van der Waals surface area contributed by atoms with Gasteiger partial charge in [0.25, 0.3) is 5.91 Å². The number of hydrogen-bond donors (Lipinski definition) is 3. The summed E-state index contributed by atoms with van der Waals surface area (Å²) in [7, 11) is 1.42. The summed E-state index contributed by atoms with van der Waals surface area (Å²) in [5.74, 6) is -0.0601. The Morgan fingerprint density at radius 2 is 2.10 bits per heavy atom. The number of urea groups is 1. The summed E-state index contributed by atoms with van der Waals surface area (Å²) in [4.78, 5) is 27.1. The van der Waals surface area contributed by atoms with Gasteiger partial charge in [0.05, 0.1) is 11.2 Å². The number of fused-ring (bicyclic) bond motifs is 1. The number of benzene rings is 1. The van der Waals surface area contributed by atoms with Crippen LogP contribution in [0.25, 0.3) is 10.9 Å². The Morgan fingerprint density at radius 1 is 1.33 bits per heavy atom. The number of rotatable bonds is 3. The van der Waals surface area contributed by atoms with E-state index in [4.69, 9.17) is 10.5 Å². The Balaban J connectivity index is 2.22. The minimum atomic E-state index is -0.839.